The van der Waals surface area contributed by atoms with Crippen LogP contribution in [0.3, 0.4) is 0 Å². The second-order valence-electron chi connectivity index (χ2n) is 6.18. The van der Waals surface area contributed by atoms with E-state index in [2.05, 4.69) is 13.8 Å². The van der Waals surface area contributed by atoms with Gasteiger partial charge in [-0.05, 0) is 31.2 Å². The Kier molecular flexibility index (Phi) is 6.99. The smallest absolute Gasteiger partial charge is 0.222 e. The summed E-state index contributed by atoms with van der Waals surface area (Å²) >= 11 is 0. The van der Waals surface area contributed by atoms with E-state index in [0.29, 0.717) is 32.0 Å². The highest BCUT2D eigenvalue weighted by atomic mass is 16.2. The molecule has 5 heteroatoms. The van der Waals surface area contributed by atoms with Crippen LogP contribution in [-0.2, 0) is 9.59 Å². The Morgan fingerprint density at radius 1 is 1.10 bits per heavy atom. The lowest BCUT2D eigenvalue weighted by Gasteiger charge is -2.24. The fourth-order valence-corrected chi connectivity index (χ4v) is 2.79. The van der Waals surface area contributed by atoms with Crippen molar-refractivity contribution in [2.24, 2.45) is 17.6 Å². The Bertz CT molecular complexity index is 331. The van der Waals surface area contributed by atoms with E-state index in [9.17, 15) is 9.59 Å². The molecule has 1 heterocycles. The Morgan fingerprint density at radius 3 is 2.25 bits per heavy atom. The third-order valence-electron chi connectivity index (χ3n) is 3.90. The minimum absolute atomic E-state index is 0.0962. The van der Waals surface area contributed by atoms with Crippen molar-refractivity contribution < 1.29 is 9.59 Å². The van der Waals surface area contributed by atoms with Crippen LogP contribution in [0.4, 0.5) is 0 Å². The van der Waals surface area contributed by atoms with E-state index in [0.717, 1.165) is 25.9 Å². The zero-order valence-corrected chi connectivity index (χ0v) is 13.1. The number of carbonyl (C=O) groups excluding carboxylic acids is 2. The van der Waals surface area contributed by atoms with Gasteiger partial charge in [-0.3, -0.25) is 9.59 Å². The van der Waals surface area contributed by atoms with Gasteiger partial charge in [0, 0.05) is 39.5 Å². The molecule has 20 heavy (non-hydrogen) atoms. The summed E-state index contributed by atoms with van der Waals surface area (Å²) in [5.74, 6) is 1.12. The molecule has 1 saturated heterocycles. The van der Waals surface area contributed by atoms with Crippen molar-refractivity contribution in [3.63, 3.8) is 0 Å². The van der Waals surface area contributed by atoms with Gasteiger partial charge in [0.25, 0.3) is 0 Å². The summed E-state index contributed by atoms with van der Waals surface area (Å²) < 4.78 is 0. The summed E-state index contributed by atoms with van der Waals surface area (Å²) in [7, 11) is 0. The van der Waals surface area contributed by atoms with Gasteiger partial charge < -0.3 is 15.5 Å². The van der Waals surface area contributed by atoms with Gasteiger partial charge in [-0.25, -0.2) is 0 Å². The van der Waals surface area contributed by atoms with Crippen molar-refractivity contribution >= 4 is 11.8 Å². The molecule has 0 radical (unpaired) electrons. The second-order valence-corrected chi connectivity index (χ2v) is 6.18. The number of rotatable bonds is 5. The van der Waals surface area contributed by atoms with Crippen molar-refractivity contribution in [2.75, 3.05) is 32.7 Å². The molecule has 0 saturated carbocycles. The molecule has 1 rings (SSSR count). The zero-order valence-electron chi connectivity index (χ0n) is 13.1. The van der Waals surface area contributed by atoms with Crippen molar-refractivity contribution in [2.45, 2.75) is 40.0 Å². The maximum absolute atomic E-state index is 12.3. The van der Waals surface area contributed by atoms with E-state index in [4.69, 9.17) is 5.73 Å². The summed E-state index contributed by atoms with van der Waals surface area (Å²) in [4.78, 5) is 27.4. The molecule has 2 N–H and O–H groups in total. The number of nitrogens with zero attached hydrogens (tertiary/aromatic N) is 2. The topological polar surface area (TPSA) is 66.6 Å². The van der Waals surface area contributed by atoms with Crippen LogP contribution in [0.25, 0.3) is 0 Å². The van der Waals surface area contributed by atoms with Gasteiger partial charge in [-0.2, -0.15) is 0 Å². The maximum Gasteiger partial charge on any atom is 0.222 e. The van der Waals surface area contributed by atoms with Crippen molar-refractivity contribution in [1.29, 1.82) is 0 Å². The SMILES string of the molecule is CC(=O)N1CCCN(C(=O)CC(CN)CC(C)C)CC1. The third kappa shape index (κ3) is 5.49. The van der Waals surface area contributed by atoms with Gasteiger partial charge in [0.05, 0.1) is 0 Å². The van der Waals surface area contributed by atoms with Crippen LogP contribution in [0.15, 0.2) is 0 Å². The number of carbonyl (C=O) groups is 2. The first-order chi connectivity index (χ1) is 9.43. The third-order valence-corrected chi connectivity index (χ3v) is 3.90. The van der Waals surface area contributed by atoms with Crippen LogP contribution in [0.2, 0.25) is 0 Å². The molecule has 116 valence electrons. The fraction of sp³-hybridized carbons (Fsp3) is 0.867. The Morgan fingerprint density at radius 2 is 1.70 bits per heavy atom. The minimum Gasteiger partial charge on any atom is -0.341 e. The highest BCUT2D eigenvalue weighted by molar-refractivity contribution is 5.77. The van der Waals surface area contributed by atoms with E-state index in [-0.39, 0.29) is 17.7 Å². The summed E-state index contributed by atoms with van der Waals surface area (Å²) in [5.41, 5.74) is 5.77. The molecule has 2 amide bonds. The first-order valence-electron chi connectivity index (χ1n) is 7.67. The van der Waals surface area contributed by atoms with Gasteiger partial charge in [-0.1, -0.05) is 13.8 Å². The van der Waals surface area contributed by atoms with Gasteiger partial charge in [0.1, 0.15) is 0 Å². The second kappa shape index (κ2) is 8.25. The van der Waals surface area contributed by atoms with E-state index in [1.807, 2.05) is 9.80 Å². The molecular weight excluding hydrogens is 254 g/mol. The monoisotopic (exact) mass is 283 g/mol. The normalized spacial score (nSPS) is 18.1. The van der Waals surface area contributed by atoms with Gasteiger partial charge in [-0.15, -0.1) is 0 Å². The molecule has 0 aromatic rings. The van der Waals surface area contributed by atoms with Crippen LogP contribution in [0.5, 0.6) is 0 Å². The molecule has 1 fully saturated rings. The van der Waals surface area contributed by atoms with Crippen LogP contribution in [-0.4, -0.2) is 54.3 Å². The molecule has 0 spiro atoms. The van der Waals surface area contributed by atoms with Crippen LogP contribution in [0, 0.1) is 11.8 Å². The molecule has 1 aliphatic heterocycles. The molecule has 0 aromatic carbocycles. The van der Waals surface area contributed by atoms with Crippen molar-refractivity contribution in [1.82, 2.24) is 9.80 Å². The van der Waals surface area contributed by atoms with E-state index < -0.39 is 0 Å². The number of hydrogen-bond acceptors (Lipinski definition) is 3. The number of hydrogen-bond donors (Lipinski definition) is 1. The molecular formula is C15H29N3O2. The lowest BCUT2D eigenvalue weighted by molar-refractivity contribution is -0.133. The van der Waals surface area contributed by atoms with E-state index in [1.165, 1.54) is 0 Å². The average molecular weight is 283 g/mol. The predicted octanol–water partition coefficient (Wildman–Crippen LogP) is 1.08. The zero-order chi connectivity index (χ0) is 15.1. The van der Waals surface area contributed by atoms with Gasteiger partial charge in [0.2, 0.25) is 11.8 Å². The number of nitrogens with two attached hydrogens (primary N) is 1. The van der Waals surface area contributed by atoms with Crippen molar-refractivity contribution in [3.8, 4) is 0 Å². The fourth-order valence-electron chi connectivity index (χ4n) is 2.79. The highest BCUT2D eigenvalue weighted by Gasteiger charge is 2.22. The summed E-state index contributed by atoms with van der Waals surface area (Å²) in [6, 6.07) is 0. The quantitative estimate of drug-likeness (QED) is 0.821. The first kappa shape index (κ1) is 17.0. The standard InChI is InChI=1S/C15H29N3O2/c1-12(2)9-14(11-16)10-15(20)18-6-4-5-17(7-8-18)13(3)19/h12,14H,4-11,16H2,1-3H3. The molecule has 1 aliphatic rings. The Labute approximate surface area is 122 Å². The highest BCUT2D eigenvalue weighted by Crippen LogP contribution is 2.16. The van der Waals surface area contributed by atoms with Gasteiger partial charge in [0.15, 0.2) is 0 Å². The largest absolute Gasteiger partial charge is 0.341 e. The van der Waals surface area contributed by atoms with Crippen LogP contribution in [0.1, 0.15) is 40.0 Å². The molecule has 1 atom stereocenters. The molecule has 0 bridgehead atoms. The summed E-state index contributed by atoms with van der Waals surface area (Å²) in [5, 5.41) is 0. The Hall–Kier alpha value is -1.10. The predicted molar refractivity (Wildman–Crippen MR) is 80.1 cm³/mol. The first-order valence-corrected chi connectivity index (χ1v) is 7.67. The number of amides is 2. The Balaban J connectivity index is 2.48. The van der Waals surface area contributed by atoms with Gasteiger partial charge >= 0.3 is 0 Å². The van der Waals surface area contributed by atoms with E-state index in [1.54, 1.807) is 6.92 Å². The minimum atomic E-state index is 0.0962. The van der Waals surface area contributed by atoms with E-state index >= 15 is 0 Å². The molecule has 0 aliphatic carbocycles. The lowest BCUT2D eigenvalue weighted by atomic mass is 9.94. The summed E-state index contributed by atoms with van der Waals surface area (Å²) in [6.07, 6.45) is 2.40. The molecule has 0 aromatic heterocycles. The average Bonchev–Trinajstić information content (AvgIpc) is 2.62. The van der Waals surface area contributed by atoms with Crippen LogP contribution >= 0.6 is 0 Å². The molecule has 1 unspecified atom stereocenters. The van der Waals surface area contributed by atoms with Crippen LogP contribution < -0.4 is 5.73 Å². The van der Waals surface area contributed by atoms with Crippen molar-refractivity contribution in [3.05, 3.63) is 0 Å². The molecule has 5 nitrogen and oxygen atoms in total. The maximum atomic E-state index is 12.3. The summed E-state index contributed by atoms with van der Waals surface area (Å²) in [6.45, 7) is 9.28. The lowest BCUT2D eigenvalue weighted by Crippen LogP contribution is -2.37.